The van der Waals surface area contributed by atoms with Crippen molar-refractivity contribution in [1.82, 2.24) is 0 Å². The number of hydrogen-bond donors (Lipinski definition) is 0. The fraction of sp³-hybridized carbons (Fsp3) is 0.760. The van der Waals surface area contributed by atoms with E-state index in [1.165, 1.54) is 64.2 Å². The van der Waals surface area contributed by atoms with Crippen molar-refractivity contribution in [3.05, 3.63) is 34.6 Å². The lowest BCUT2D eigenvalue weighted by Gasteiger charge is -2.41. The van der Waals surface area contributed by atoms with E-state index in [1.54, 1.807) is 12.1 Å². The summed E-state index contributed by atoms with van der Waals surface area (Å²) in [4.78, 5) is 0. The SMILES string of the molecule is CCCC1COC(C2CCC(C3CCC(c4ccc(Cl)c(F)c4)CC3)CC2)OC1. The largest absolute Gasteiger partial charge is 0.352 e. The summed E-state index contributed by atoms with van der Waals surface area (Å²) < 4.78 is 26.0. The highest BCUT2D eigenvalue weighted by Gasteiger charge is 2.36. The van der Waals surface area contributed by atoms with Crippen LogP contribution in [-0.2, 0) is 9.47 Å². The minimum Gasteiger partial charge on any atom is -0.352 e. The second-order valence-corrected chi connectivity index (χ2v) is 10.1. The Kier molecular flexibility index (Phi) is 7.53. The quantitative estimate of drug-likeness (QED) is 0.493. The van der Waals surface area contributed by atoms with Gasteiger partial charge in [0.05, 0.1) is 18.2 Å². The van der Waals surface area contributed by atoms with E-state index in [1.807, 2.05) is 6.07 Å². The van der Waals surface area contributed by atoms with Crippen LogP contribution in [-0.4, -0.2) is 19.5 Å². The Morgan fingerprint density at radius 1 is 0.897 bits per heavy atom. The predicted octanol–water partition coefficient (Wildman–Crippen LogP) is 7.35. The molecule has 4 heteroatoms. The van der Waals surface area contributed by atoms with Crippen molar-refractivity contribution in [2.75, 3.05) is 13.2 Å². The molecule has 0 aromatic heterocycles. The molecule has 2 saturated carbocycles. The van der Waals surface area contributed by atoms with Crippen molar-refractivity contribution in [3.8, 4) is 0 Å². The van der Waals surface area contributed by atoms with Gasteiger partial charge < -0.3 is 9.47 Å². The van der Waals surface area contributed by atoms with E-state index in [2.05, 4.69) is 6.92 Å². The molecule has 0 spiro atoms. The van der Waals surface area contributed by atoms with Crippen LogP contribution in [0.5, 0.6) is 0 Å². The lowest BCUT2D eigenvalue weighted by atomic mass is 9.68. The maximum Gasteiger partial charge on any atom is 0.160 e. The molecule has 29 heavy (non-hydrogen) atoms. The molecule has 1 heterocycles. The molecular formula is C25H36ClFO2. The van der Waals surface area contributed by atoms with E-state index in [0.717, 1.165) is 30.6 Å². The molecule has 1 saturated heterocycles. The molecule has 4 rings (SSSR count). The van der Waals surface area contributed by atoms with E-state index in [0.29, 0.717) is 17.8 Å². The van der Waals surface area contributed by atoms with E-state index in [4.69, 9.17) is 21.1 Å². The molecule has 2 aliphatic carbocycles. The standard InChI is InChI=1S/C25H36ClFO2/c1-2-3-17-15-28-25(29-16-17)21-10-8-19(9-11-21)18-4-6-20(7-5-18)22-12-13-23(26)24(27)14-22/h12-14,17-21,25H,2-11,15-16H2,1H3. The first-order valence-corrected chi connectivity index (χ1v) is 12.2. The number of benzene rings is 1. The van der Waals surface area contributed by atoms with Crippen molar-refractivity contribution in [2.24, 2.45) is 23.7 Å². The average molecular weight is 423 g/mol. The van der Waals surface area contributed by atoms with Crippen LogP contribution in [0.2, 0.25) is 5.02 Å². The van der Waals surface area contributed by atoms with Gasteiger partial charge in [-0.3, -0.25) is 0 Å². The predicted molar refractivity (Wildman–Crippen MR) is 116 cm³/mol. The number of halogens is 2. The number of ether oxygens (including phenoxy) is 2. The normalized spacial score (nSPS) is 36.1. The Bertz CT molecular complexity index is 642. The smallest absolute Gasteiger partial charge is 0.160 e. The zero-order chi connectivity index (χ0) is 20.2. The monoisotopic (exact) mass is 422 g/mol. The van der Waals surface area contributed by atoms with Crippen LogP contribution in [0.3, 0.4) is 0 Å². The highest BCUT2D eigenvalue weighted by Crippen LogP contribution is 2.45. The molecule has 3 aliphatic rings. The van der Waals surface area contributed by atoms with Crippen molar-refractivity contribution >= 4 is 11.6 Å². The molecule has 3 fully saturated rings. The first-order valence-electron chi connectivity index (χ1n) is 11.8. The Hall–Kier alpha value is -0.640. The topological polar surface area (TPSA) is 18.5 Å². The summed E-state index contributed by atoms with van der Waals surface area (Å²) in [6.07, 6.45) is 12.5. The van der Waals surface area contributed by atoms with Gasteiger partial charge in [0.25, 0.3) is 0 Å². The third-order valence-corrected chi connectivity index (χ3v) is 8.05. The molecule has 0 atom stereocenters. The van der Waals surface area contributed by atoms with Gasteiger partial charge in [0, 0.05) is 11.8 Å². The van der Waals surface area contributed by atoms with E-state index in [9.17, 15) is 4.39 Å². The van der Waals surface area contributed by atoms with Gasteiger partial charge in [-0.15, -0.1) is 0 Å². The Labute approximate surface area is 180 Å². The van der Waals surface area contributed by atoms with Crippen LogP contribution in [0.4, 0.5) is 4.39 Å². The summed E-state index contributed by atoms with van der Waals surface area (Å²) in [6, 6.07) is 5.37. The maximum atomic E-state index is 13.8. The third kappa shape index (κ3) is 5.35. The summed E-state index contributed by atoms with van der Waals surface area (Å²) >= 11 is 5.84. The van der Waals surface area contributed by atoms with Crippen LogP contribution in [0.1, 0.15) is 82.6 Å². The summed E-state index contributed by atoms with van der Waals surface area (Å²) in [6.45, 7) is 4.00. The van der Waals surface area contributed by atoms with Crippen LogP contribution in [0.15, 0.2) is 18.2 Å². The van der Waals surface area contributed by atoms with Crippen LogP contribution in [0.25, 0.3) is 0 Å². The highest BCUT2D eigenvalue weighted by molar-refractivity contribution is 6.30. The summed E-state index contributed by atoms with van der Waals surface area (Å²) in [5.74, 6) is 3.09. The molecule has 0 radical (unpaired) electrons. The molecule has 0 bridgehead atoms. The first kappa shape index (κ1) is 21.6. The third-order valence-electron chi connectivity index (χ3n) is 7.74. The van der Waals surface area contributed by atoms with Gasteiger partial charge >= 0.3 is 0 Å². The van der Waals surface area contributed by atoms with Crippen LogP contribution < -0.4 is 0 Å². The lowest BCUT2D eigenvalue weighted by Crippen LogP contribution is -2.39. The zero-order valence-electron chi connectivity index (χ0n) is 17.8. The van der Waals surface area contributed by atoms with Gasteiger partial charge in [0.2, 0.25) is 0 Å². The molecule has 0 amide bonds. The summed E-state index contributed by atoms with van der Waals surface area (Å²) in [5.41, 5.74) is 1.13. The molecule has 0 unspecified atom stereocenters. The molecule has 0 N–H and O–H groups in total. The molecule has 162 valence electrons. The Morgan fingerprint density at radius 3 is 2.07 bits per heavy atom. The van der Waals surface area contributed by atoms with Crippen molar-refractivity contribution in [2.45, 2.75) is 83.3 Å². The average Bonchev–Trinajstić information content (AvgIpc) is 2.77. The molecule has 1 aromatic rings. The summed E-state index contributed by atoms with van der Waals surface area (Å²) in [7, 11) is 0. The van der Waals surface area contributed by atoms with Gasteiger partial charge in [-0.1, -0.05) is 31.0 Å². The van der Waals surface area contributed by atoms with Crippen molar-refractivity contribution in [1.29, 1.82) is 0 Å². The van der Waals surface area contributed by atoms with Crippen LogP contribution in [0, 0.1) is 29.5 Å². The molecule has 1 aromatic carbocycles. The first-order chi connectivity index (χ1) is 14.1. The Morgan fingerprint density at radius 2 is 1.48 bits per heavy atom. The van der Waals surface area contributed by atoms with E-state index in [-0.39, 0.29) is 17.1 Å². The van der Waals surface area contributed by atoms with Gasteiger partial charge in [0.1, 0.15) is 5.82 Å². The van der Waals surface area contributed by atoms with Gasteiger partial charge in [-0.2, -0.15) is 0 Å². The minimum atomic E-state index is -0.280. The molecule has 2 nitrogen and oxygen atoms in total. The fourth-order valence-corrected chi connectivity index (χ4v) is 6.10. The van der Waals surface area contributed by atoms with Crippen LogP contribution >= 0.6 is 11.6 Å². The van der Waals surface area contributed by atoms with Gasteiger partial charge in [0.15, 0.2) is 6.29 Å². The maximum absolute atomic E-state index is 13.8. The second kappa shape index (κ2) is 10.1. The number of rotatable bonds is 5. The lowest BCUT2D eigenvalue weighted by molar-refractivity contribution is -0.230. The fourth-order valence-electron chi connectivity index (χ4n) is 5.98. The van der Waals surface area contributed by atoms with Gasteiger partial charge in [-0.05, 0) is 93.2 Å². The minimum absolute atomic E-state index is 0.0413. The molecule has 1 aliphatic heterocycles. The van der Waals surface area contributed by atoms with Crippen molar-refractivity contribution in [3.63, 3.8) is 0 Å². The van der Waals surface area contributed by atoms with Gasteiger partial charge in [-0.25, -0.2) is 4.39 Å². The summed E-state index contributed by atoms with van der Waals surface area (Å²) in [5, 5.41) is 0.228. The Balaban J connectivity index is 1.21. The van der Waals surface area contributed by atoms with E-state index < -0.39 is 0 Å². The van der Waals surface area contributed by atoms with Crippen molar-refractivity contribution < 1.29 is 13.9 Å². The molecular weight excluding hydrogens is 387 g/mol. The second-order valence-electron chi connectivity index (χ2n) is 9.65. The number of hydrogen-bond acceptors (Lipinski definition) is 2. The highest BCUT2D eigenvalue weighted by atomic mass is 35.5. The van der Waals surface area contributed by atoms with E-state index >= 15 is 0 Å². The zero-order valence-corrected chi connectivity index (χ0v) is 18.5.